The Morgan fingerprint density at radius 3 is 2.59 bits per heavy atom. The number of alkyl halides is 1. The van der Waals surface area contributed by atoms with Crippen LogP contribution in [0.15, 0.2) is 48.3 Å². The second-order valence-electron chi connectivity index (χ2n) is 11.4. The van der Waals surface area contributed by atoms with Crippen molar-refractivity contribution in [2.45, 2.75) is 52.5 Å². The molecule has 7 nitrogen and oxygen atoms in total. The molecule has 0 unspecified atom stereocenters. The standard InChI is InChI=1S/C32H41FN3O4P/c1-3-39-41(37,40-4-2)28-8-9-30-25(16-28)6-5-7-29(24-11-14-38-15-12-24)32(30)26-10-13-36-22-27(34-31(36)17-26)21-35-19-23(18-33)20-35/h8-10,13,16-17,22-24H,3-7,11-12,14-15,18-21H2,1-2H3. The first-order valence-corrected chi connectivity index (χ1v) is 16.7. The predicted octanol–water partition coefficient (Wildman–Crippen LogP) is 6.19. The molecule has 0 saturated carbocycles. The van der Waals surface area contributed by atoms with Crippen LogP contribution in [0.4, 0.5) is 4.39 Å². The summed E-state index contributed by atoms with van der Waals surface area (Å²) < 4.78 is 45.7. The van der Waals surface area contributed by atoms with Gasteiger partial charge in [-0.1, -0.05) is 11.6 Å². The van der Waals surface area contributed by atoms with Gasteiger partial charge in [-0.15, -0.1) is 0 Å². The van der Waals surface area contributed by atoms with Gasteiger partial charge < -0.3 is 18.2 Å². The van der Waals surface area contributed by atoms with E-state index in [4.69, 9.17) is 18.8 Å². The summed E-state index contributed by atoms with van der Waals surface area (Å²) in [5.41, 5.74) is 8.23. The molecule has 2 aliphatic heterocycles. The molecular weight excluding hydrogens is 540 g/mol. The van der Waals surface area contributed by atoms with Crippen molar-refractivity contribution in [3.63, 3.8) is 0 Å². The molecule has 41 heavy (non-hydrogen) atoms. The number of benzene rings is 1. The lowest BCUT2D eigenvalue weighted by Gasteiger charge is -2.37. The van der Waals surface area contributed by atoms with Crippen molar-refractivity contribution in [2.24, 2.45) is 11.8 Å². The van der Waals surface area contributed by atoms with Gasteiger partial charge in [0.25, 0.3) is 0 Å². The van der Waals surface area contributed by atoms with Crippen molar-refractivity contribution in [1.82, 2.24) is 14.3 Å². The summed E-state index contributed by atoms with van der Waals surface area (Å²) in [6.45, 7) is 8.03. The number of nitrogens with zero attached hydrogens (tertiary/aromatic N) is 3. The van der Waals surface area contributed by atoms with Crippen LogP contribution in [-0.2, 0) is 31.3 Å². The maximum Gasteiger partial charge on any atom is 0.361 e. The van der Waals surface area contributed by atoms with Gasteiger partial charge in [0.05, 0.1) is 30.9 Å². The second-order valence-corrected chi connectivity index (χ2v) is 13.5. The third kappa shape index (κ3) is 5.95. The van der Waals surface area contributed by atoms with Crippen LogP contribution in [0, 0.1) is 11.8 Å². The number of hydrogen-bond donors (Lipinski definition) is 0. The molecule has 0 N–H and O–H groups in total. The molecule has 0 bridgehead atoms. The van der Waals surface area contributed by atoms with E-state index in [-0.39, 0.29) is 12.6 Å². The molecular formula is C32H41FN3O4P. The highest BCUT2D eigenvalue weighted by molar-refractivity contribution is 7.62. The van der Waals surface area contributed by atoms with E-state index < -0.39 is 7.60 Å². The summed E-state index contributed by atoms with van der Waals surface area (Å²) in [4.78, 5) is 7.21. The number of ether oxygens (including phenoxy) is 1. The number of rotatable bonds is 10. The molecule has 220 valence electrons. The smallest absolute Gasteiger partial charge is 0.361 e. The van der Waals surface area contributed by atoms with Gasteiger partial charge in [-0.2, -0.15) is 0 Å². The molecule has 0 atom stereocenters. The van der Waals surface area contributed by atoms with Crippen molar-refractivity contribution in [3.8, 4) is 0 Å². The van der Waals surface area contributed by atoms with Crippen LogP contribution < -0.4 is 5.30 Å². The van der Waals surface area contributed by atoms with Crippen LogP contribution in [0.2, 0.25) is 0 Å². The number of hydrogen-bond acceptors (Lipinski definition) is 6. The van der Waals surface area contributed by atoms with Gasteiger partial charge >= 0.3 is 7.60 Å². The van der Waals surface area contributed by atoms with Crippen molar-refractivity contribution in [3.05, 3.63) is 70.7 Å². The monoisotopic (exact) mass is 581 g/mol. The third-order valence-corrected chi connectivity index (χ3v) is 10.7. The average molecular weight is 582 g/mol. The topological polar surface area (TPSA) is 65.3 Å². The number of imidazole rings is 1. The van der Waals surface area contributed by atoms with E-state index in [2.05, 4.69) is 46.0 Å². The van der Waals surface area contributed by atoms with Crippen molar-refractivity contribution >= 4 is 24.1 Å². The van der Waals surface area contributed by atoms with E-state index >= 15 is 0 Å². The molecule has 6 rings (SSSR count). The largest absolute Gasteiger partial charge is 0.381 e. The number of aryl methyl sites for hydroxylation is 1. The summed E-state index contributed by atoms with van der Waals surface area (Å²) in [6.07, 6.45) is 9.21. The Bertz CT molecular complexity index is 1450. The number of allylic oxidation sites excluding steroid dienone is 1. The fraction of sp³-hybridized carbons (Fsp3) is 0.531. The van der Waals surface area contributed by atoms with Crippen LogP contribution in [0.3, 0.4) is 0 Å². The van der Waals surface area contributed by atoms with Crippen LogP contribution >= 0.6 is 7.60 Å². The van der Waals surface area contributed by atoms with E-state index in [1.807, 2.05) is 19.9 Å². The van der Waals surface area contributed by atoms with Gasteiger partial charge in [0, 0.05) is 51.2 Å². The lowest BCUT2D eigenvalue weighted by molar-refractivity contribution is 0.0727. The lowest BCUT2D eigenvalue weighted by atomic mass is 9.82. The Morgan fingerprint density at radius 2 is 1.85 bits per heavy atom. The average Bonchev–Trinajstić information content (AvgIpc) is 3.26. The quantitative estimate of drug-likeness (QED) is 0.266. The van der Waals surface area contributed by atoms with Gasteiger partial charge in [-0.05, 0) is 98.4 Å². The molecule has 1 aliphatic carbocycles. The van der Waals surface area contributed by atoms with Gasteiger partial charge in [0.1, 0.15) is 5.65 Å². The van der Waals surface area contributed by atoms with Gasteiger partial charge in [0.15, 0.2) is 0 Å². The molecule has 1 aromatic carbocycles. The minimum absolute atomic E-state index is 0.168. The highest BCUT2D eigenvalue weighted by Gasteiger charge is 2.31. The predicted molar refractivity (Wildman–Crippen MR) is 159 cm³/mol. The van der Waals surface area contributed by atoms with E-state index in [0.717, 1.165) is 81.9 Å². The third-order valence-electron chi connectivity index (χ3n) is 8.64. The zero-order chi connectivity index (χ0) is 28.4. The van der Waals surface area contributed by atoms with Gasteiger partial charge in [-0.3, -0.25) is 13.9 Å². The van der Waals surface area contributed by atoms with E-state index in [0.29, 0.717) is 24.4 Å². The second kappa shape index (κ2) is 12.5. The van der Waals surface area contributed by atoms with Crippen LogP contribution in [-0.4, -0.2) is 60.5 Å². The molecule has 0 spiro atoms. The Labute approximate surface area is 242 Å². The normalized spacial score (nSPS) is 19.4. The van der Waals surface area contributed by atoms with Crippen molar-refractivity contribution < 1.29 is 22.7 Å². The van der Waals surface area contributed by atoms with Gasteiger partial charge in [-0.25, -0.2) is 4.98 Å². The molecule has 9 heteroatoms. The summed E-state index contributed by atoms with van der Waals surface area (Å²) in [7, 11) is -3.38. The highest BCUT2D eigenvalue weighted by Crippen LogP contribution is 2.48. The Balaban J connectivity index is 1.41. The van der Waals surface area contributed by atoms with Gasteiger partial charge in [0.2, 0.25) is 0 Å². The van der Waals surface area contributed by atoms with E-state index in [9.17, 15) is 8.96 Å². The first-order chi connectivity index (χ1) is 20.0. The van der Waals surface area contributed by atoms with Crippen LogP contribution in [0.5, 0.6) is 0 Å². The summed E-state index contributed by atoms with van der Waals surface area (Å²) in [5, 5.41) is 0.628. The van der Waals surface area contributed by atoms with Crippen LogP contribution in [0.25, 0.3) is 11.2 Å². The minimum Gasteiger partial charge on any atom is -0.381 e. The Kier molecular flexibility index (Phi) is 8.75. The number of halogens is 1. The van der Waals surface area contributed by atoms with E-state index in [1.54, 1.807) is 0 Å². The molecule has 2 saturated heterocycles. The zero-order valence-corrected chi connectivity index (χ0v) is 25.1. The molecule has 4 heterocycles. The molecule has 2 aromatic heterocycles. The molecule has 3 aromatic rings. The first kappa shape index (κ1) is 28.8. The summed E-state index contributed by atoms with van der Waals surface area (Å²) in [6, 6.07) is 10.5. The Morgan fingerprint density at radius 1 is 1.07 bits per heavy atom. The Hall–Kier alpha value is -2.35. The number of pyridine rings is 1. The number of likely N-dealkylation sites (tertiary alicyclic amines) is 1. The SMILES string of the molecule is CCOP(=O)(OCC)c1ccc2c(c1)CCCC(C1CCOCC1)=C2c1ccn2cc(CN3CC(CF)C3)nc2c1. The minimum atomic E-state index is -3.38. The van der Waals surface area contributed by atoms with E-state index in [1.165, 1.54) is 22.3 Å². The maximum absolute atomic E-state index is 13.6. The first-order valence-electron chi connectivity index (χ1n) is 15.1. The lowest BCUT2D eigenvalue weighted by Crippen LogP contribution is -2.46. The summed E-state index contributed by atoms with van der Waals surface area (Å²) in [5.74, 6) is 0.643. The zero-order valence-electron chi connectivity index (χ0n) is 24.2. The van der Waals surface area contributed by atoms with Crippen molar-refractivity contribution in [1.29, 1.82) is 0 Å². The van der Waals surface area contributed by atoms with Crippen LogP contribution in [0.1, 0.15) is 61.9 Å². The number of aromatic nitrogens is 2. The van der Waals surface area contributed by atoms with Crippen molar-refractivity contribution in [2.75, 3.05) is 46.2 Å². The fourth-order valence-corrected chi connectivity index (χ4v) is 8.31. The highest BCUT2D eigenvalue weighted by atomic mass is 31.2. The fourth-order valence-electron chi connectivity index (χ4n) is 6.69. The molecule has 0 radical (unpaired) electrons. The molecule has 2 fully saturated rings. The summed E-state index contributed by atoms with van der Waals surface area (Å²) >= 11 is 0. The molecule has 3 aliphatic rings. The molecule has 0 amide bonds. The maximum atomic E-state index is 13.6. The number of fused-ring (bicyclic) bond motifs is 2.